The van der Waals surface area contributed by atoms with E-state index in [2.05, 4.69) is 42.2 Å². The molecule has 0 aromatic rings. The third kappa shape index (κ3) is 3.66. The molecule has 1 N–H and O–H groups in total. The third-order valence-electron chi connectivity index (χ3n) is 6.26. The maximum absolute atomic E-state index is 4.46. The van der Waals surface area contributed by atoms with Gasteiger partial charge >= 0.3 is 0 Å². The molecule has 1 saturated carbocycles. The predicted octanol–water partition coefficient (Wildman–Crippen LogP) is 3.25. The molecular formula is C20H35N3. The largest absolute Gasteiger partial charge is 0.382 e. The molecule has 1 spiro atoms. The van der Waals surface area contributed by atoms with E-state index in [1.807, 2.05) is 6.08 Å². The lowest BCUT2D eigenvalue weighted by Crippen LogP contribution is -2.63. The summed E-state index contributed by atoms with van der Waals surface area (Å²) in [5.74, 6) is 0.792. The van der Waals surface area contributed by atoms with Crippen LogP contribution in [0.2, 0.25) is 0 Å². The molecule has 2 unspecified atom stereocenters. The quantitative estimate of drug-likeness (QED) is 0.759. The minimum atomic E-state index is 0.306. The van der Waals surface area contributed by atoms with Gasteiger partial charge in [0, 0.05) is 36.8 Å². The van der Waals surface area contributed by atoms with Gasteiger partial charge in [0.25, 0.3) is 0 Å². The van der Waals surface area contributed by atoms with E-state index < -0.39 is 0 Å². The smallest absolute Gasteiger partial charge is 0.0517 e. The summed E-state index contributed by atoms with van der Waals surface area (Å²) in [6.45, 7) is 15.6. The van der Waals surface area contributed by atoms with Crippen molar-refractivity contribution in [2.75, 3.05) is 33.2 Å². The highest BCUT2D eigenvalue weighted by molar-refractivity contribution is 5.12. The standard InChI is InChI=1S/C20H35N3/c1-5-16(2)21-17(3)19(18-9-6-7-10-18)23-12-8-11-20(15-23)13-22(4)14-20/h5,16,18-19,21H,1,3,6-15H2,2,4H3. The SMILES string of the molecule is C=CC(C)NC(=C)C(C1CCCC1)N1CCCC2(CN(C)C2)C1. The van der Waals surface area contributed by atoms with Crippen LogP contribution in [0.5, 0.6) is 0 Å². The van der Waals surface area contributed by atoms with Crippen molar-refractivity contribution in [1.82, 2.24) is 15.1 Å². The fourth-order valence-electron chi connectivity index (χ4n) is 5.35. The summed E-state index contributed by atoms with van der Waals surface area (Å²) in [5.41, 5.74) is 1.79. The monoisotopic (exact) mass is 317 g/mol. The first-order valence-corrected chi connectivity index (χ1v) is 9.53. The summed E-state index contributed by atoms with van der Waals surface area (Å²) >= 11 is 0. The van der Waals surface area contributed by atoms with E-state index >= 15 is 0 Å². The number of likely N-dealkylation sites (tertiary alicyclic amines) is 2. The molecule has 1 aliphatic carbocycles. The number of hydrogen-bond donors (Lipinski definition) is 1. The van der Waals surface area contributed by atoms with Gasteiger partial charge in [-0.25, -0.2) is 0 Å². The van der Waals surface area contributed by atoms with E-state index in [-0.39, 0.29) is 0 Å². The average molecular weight is 318 g/mol. The highest BCUT2D eigenvalue weighted by atomic mass is 15.3. The molecule has 2 saturated heterocycles. The maximum atomic E-state index is 4.46. The van der Waals surface area contributed by atoms with E-state index in [0.29, 0.717) is 17.5 Å². The fraction of sp³-hybridized carbons (Fsp3) is 0.800. The van der Waals surface area contributed by atoms with Gasteiger partial charge in [0.2, 0.25) is 0 Å². The molecule has 0 aromatic carbocycles. The van der Waals surface area contributed by atoms with Crippen molar-refractivity contribution in [3.63, 3.8) is 0 Å². The highest BCUT2D eigenvalue weighted by Crippen LogP contribution is 2.41. The molecule has 0 aromatic heterocycles. The van der Waals surface area contributed by atoms with Gasteiger partial charge in [0.1, 0.15) is 0 Å². The van der Waals surface area contributed by atoms with Crippen LogP contribution < -0.4 is 5.32 Å². The zero-order valence-electron chi connectivity index (χ0n) is 15.2. The van der Waals surface area contributed by atoms with Gasteiger partial charge in [-0.2, -0.15) is 0 Å². The lowest BCUT2D eigenvalue weighted by atomic mass is 9.72. The molecular weight excluding hydrogens is 282 g/mol. The Kier molecular flexibility index (Phi) is 5.17. The van der Waals surface area contributed by atoms with Gasteiger partial charge in [-0.3, -0.25) is 4.90 Å². The molecule has 0 amide bonds. The van der Waals surface area contributed by atoms with Gasteiger partial charge in [-0.1, -0.05) is 25.5 Å². The Hall–Kier alpha value is -0.800. The topological polar surface area (TPSA) is 18.5 Å². The van der Waals surface area contributed by atoms with Crippen LogP contribution in [0.1, 0.15) is 45.4 Å². The Morgan fingerprint density at radius 2 is 1.91 bits per heavy atom. The molecule has 3 aliphatic rings. The molecule has 130 valence electrons. The zero-order valence-corrected chi connectivity index (χ0v) is 15.2. The molecule has 3 nitrogen and oxygen atoms in total. The molecule has 0 bridgehead atoms. The minimum Gasteiger partial charge on any atom is -0.382 e. The molecule has 3 heteroatoms. The molecule has 0 radical (unpaired) electrons. The van der Waals surface area contributed by atoms with E-state index in [1.165, 1.54) is 70.4 Å². The summed E-state index contributed by atoms with van der Waals surface area (Å²) in [5, 5.41) is 3.61. The second-order valence-electron chi connectivity index (χ2n) is 8.43. The van der Waals surface area contributed by atoms with Crippen LogP contribution in [0.25, 0.3) is 0 Å². The summed E-state index contributed by atoms with van der Waals surface area (Å²) in [7, 11) is 2.25. The van der Waals surface area contributed by atoms with Crippen LogP contribution in [0, 0.1) is 11.3 Å². The Morgan fingerprint density at radius 3 is 2.52 bits per heavy atom. The van der Waals surface area contributed by atoms with Crippen molar-refractivity contribution in [3.05, 3.63) is 24.9 Å². The van der Waals surface area contributed by atoms with Crippen molar-refractivity contribution >= 4 is 0 Å². The van der Waals surface area contributed by atoms with Crippen LogP contribution in [-0.4, -0.2) is 55.1 Å². The van der Waals surface area contributed by atoms with Gasteiger partial charge in [-0.05, 0) is 52.1 Å². The number of nitrogens with zero attached hydrogens (tertiary/aromatic N) is 2. The van der Waals surface area contributed by atoms with Gasteiger partial charge in [0.15, 0.2) is 0 Å². The molecule has 2 aliphatic heterocycles. The third-order valence-corrected chi connectivity index (χ3v) is 6.26. The number of nitrogens with one attached hydrogen (secondary N) is 1. The molecule has 3 rings (SSSR count). The van der Waals surface area contributed by atoms with Crippen LogP contribution >= 0.6 is 0 Å². The van der Waals surface area contributed by atoms with Crippen LogP contribution in [0.4, 0.5) is 0 Å². The maximum Gasteiger partial charge on any atom is 0.0517 e. The fourth-order valence-corrected chi connectivity index (χ4v) is 5.35. The van der Waals surface area contributed by atoms with Crippen LogP contribution in [0.15, 0.2) is 24.9 Å². The average Bonchev–Trinajstić information content (AvgIpc) is 3.00. The Bertz CT molecular complexity index is 427. The van der Waals surface area contributed by atoms with Crippen molar-refractivity contribution in [1.29, 1.82) is 0 Å². The van der Waals surface area contributed by atoms with E-state index in [4.69, 9.17) is 0 Å². The summed E-state index contributed by atoms with van der Waals surface area (Å²) < 4.78 is 0. The predicted molar refractivity (Wildman–Crippen MR) is 98.4 cm³/mol. The van der Waals surface area contributed by atoms with E-state index in [0.717, 1.165) is 5.92 Å². The van der Waals surface area contributed by atoms with Crippen molar-refractivity contribution in [3.8, 4) is 0 Å². The van der Waals surface area contributed by atoms with Gasteiger partial charge in [0.05, 0.1) is 6.04 Å². The number of hydrogen-bond acceptors (Lipinski definition) is 3. The molecule has 2 heterocycles. The second kappa shape index (κ2) is 6.98. The highest BCUT2D eigenvalue weighted by Gasteiger charge is 2.46. The van der Waals surface area contributed by atoms with E-state index in [9.17, 15) is 0 Å². The van der Waals surface area contributed by atoms with Crippen LogP contribution in [-0.2, 0) is 0 Å². The molecule has 23 heavy (non-hydrogen) atoms. The van der Waals surface area contributed by atoms with Crippen molar-refractivity contribution in [2.24, 2.45) is 11.3 Å². The molecule has 2 atom stereocenters. The number of piperidine rings is 1. The normalized spacial score (nSPS) is 28.3. The Morgan fingerprint density at radius 1 is 1.22 bits per heavy atom. The first-order chi connectivity index (χ1) is 11.0. The lowest BCUT2D eigenvalue weighted by molar-refractivity contribution is -0.0545. The Labute approximate surface area is 142 Å². The van der Waals surface area contributed by atoms with Crippen molar-refractivity contribution in [2.45, 2.75) is 57.5 Å². The minimum absolute atomic E-state index is 0.306. The van der Waals surface area contributed by atoms with Crippen molar-refractivity contribution < 1.29 is 0 Å². The zero-order chi connectivity index (χ0) is 16.4. The second-order valence-corrected chi connectivity index (χ2v) is 8.43. The number of rotatable bonds is 6. The molecule has 3 fully saturated rings. The van der Waals surface area contributed by atoms with E-state index in [1.54, 1.807) is 0 Å². The first-order valence-electron chi connectivity index (χ1n) is 9.53. The summed E-state index contributed by atoms with van der Waals surface area (Å²) in [6.07, 6.45) is 10.3. The summed E-state index contributed by atoms with van der Waals surface area (Å²) in [6, 6.07) is 0.822. The lowest BCUT2D eigenvalue weighted by Gasteiger charge is -2.55. The summed E-state index contributed by atoms with van der Waals surface area (Å²) in [4.78, 5) is 5.25. The van der Waals surface area contributed by atoms with Crippen LogP contribution in [0.3, 0.4) is 0 Å². The van der Waals surface area contributed by atoms with Gasteiger partial charge < -0.3 is 10.2 Å². The van der Waals surface area contributed by atoms with Gasteiger partial charge in [-0.15, -0.1) is 6.58 Å². The Balaban J connectivity index is 1.71. The first kappa shape index (κ1) is 17.0.